The minimum absolute atomic E-state index is 0.00353. The van der Waals surface area contributed by atoms with Crippen molar-refractivity contribution >= 4 is 11.8 Å². The predicted octanol–water partition coefficient (Wildman–Crippen LogP) is 2.72. The van der Waals surface area contributed by atoms with E-state index in [1.54, 1.807) is 18.2 Å². The van der Waals surface area contributed by atoms with Crippen molar-refractivity contribution in [3.8, 4) is 11.5 Å². The monoisotopic (exact) mass is 362 g/mol. The normalized spacial score (nSPS) is 18.4. The molecule has 144 valence electrons. The van der Waals surface area contributed by atoms with Gasteiger partial charge in [0.05, 0.1) is 14.2 Å². The summed E-state index contributed by atoms with van der Waals surface area (Å²) in [6.45, 7) is 7.57. The third-order valence-corrected chi connectivity index (χ3v) is 4.80. The van der Waals surface area contributed by atoms with Crippen LogP contribution in [0.2, 0.25) is 0 Å². The predicted molar refractivity (Wildman–Crippen MR) is 101 cm³/mol. The van der Waals surface area contributed by atoms with Crippen LogP contribution >= 0.6 is 0 Å². The summed E-state index contributed by atoms with van der Waals surface area (Å²) in [5.41, 5.74) is 0.409. The number of ether oxygens (including phenoxy) is 2. The maximum atomic E-state index is 13.0. The summed E-state index contributed by atoms with van der Waals surface area (Å²) < 4.78 is 10.4. The molecule has 1 saturated heterocycles. The Morgan fingerprint density at radius 3 is 2.27 bits per heavy atom. The summed E-state index contributed by atoms with van der Waals surface area (Å²) >= 11 is 0. The summed E-state index contributed by atoms with van der Waals surface area (Å²) in [6, 6.07) is 4.44. The van der Waals surface area contributed by atoms with Gasteiger partial charge in [0.2, 0.25) is 5.91 Å². The summed E-state index contributed by atoms with van der Waals surface area (Å²) in [6.07, 6.45) is 2.16. The fraction of sp³-hybridized carbons (Fsp3) is 0.600. The summed E-state index contributed by atoms with van der Waals surface area (Å²) in [5.74, 6) is 1.25. The Bertz CT molecular complexity index is 622. The number of carbonyl (C=O) groups is 2. The standard InChI is InChI=1S/C20H30N2O4/c1-13(2)18(20(24)22-8-6-7-14(3)12-22)21-19(23)15-9-16(25-4)11-17(10-15)26-5/h9-11,13-14,18H,6-8,12H2,1-5H3,(H,21,23)/t14-,18+/m1/s1. The van der Waals surface area contributed by atoms with Crippen molar-refractivity contribution in [1.82, 2.24) is 10.2 Å². The Balaban J connectivity index is 2.16. The molecule has 6 nitrogen and oxygen atoms in total. The zero-order chi connectivity index (χ0) is 19.3. The van der Waals surface area contributed by atoms with Gasteiger partial charge in [-0.05, 0) is 36.8 Å². The van der Waals surface area contributed by atoms with Gasteiger partial charge in [0.15, 0.2) is 0 Å². The van der Waals surface area contributed by atoms with Crippen LogP contribution in [0, 0.1) is 11.8 Å². The highest BCUT2D eigenvalue weighted by Gasteiger charge is 2.31. The number of likely N-dealkylation sites (tertiary alicyclic amines) is 1. The first-order valence-corrected chi connectivity index (χ1v) is 9.18. The van der Waals surface area contributed by atoms with E-state index in [9.17, 15) is 9.59 Å². The highest BCUT2D eigenvalue weighted by Crippen LogP contribution is 2.23. The van der Waals surface area contributed by atoms with Crippen LogP contribution in [0.15, 0.2) is 18.2 Å². The topological polar surface area (TPSA) is 67.9 Å². The Labute approximate surface area is 155 Å². The van der Waals surface area contributed by atoms with Crippen molar-refractivity contribution in [3.63, 3.8) is 0 Å². The molecule has 26 heavy (non-hydrogen) atoms. The van der Waals surface area contributed by atoms with Crippen molar-refractivity contribution in [3.05, 3.63) is 23.8 Å². The molecule has 0 bridgehead atoms. The van der Waals surface area contributed by atoms with Crippen LogP contribution in [0.1, 0.15) is 44.0 Å². The number of nitrogens with zero attached hydrogens (tertiary/aromatic N) is 1. The average Bonchev–Trinajstić information content (AvgIpc) is 2.64. The Kier molecular flexibility index (Phi) is 6.89. The molecule has 0 spiro atoms. The minimum Gasteiger partial charge on any atom is -0.497 e. The molecule has 0 saturated carbocycles. The first-order chi connectivity index (χ1) is 12.3. The number of rotatable bonds is 6. The maximum absolute atomic E-state index is 13.0. The molecule has 0 radical (unpaired) electrons. The van der Waals surface area contributed by atoms with Gasteiger partial charge < -0.3 is 19.7 Å². The number of carbonyl (C=O) groups excluding carboxylic acids is 2. The summed E-state index contributed by atoms with van der Waals surface area (Å²) in [4.78, 5) is 27.6. The first kappa shape index (κ1) is 20.1. The molecule has 1 aromatic rings. The largest absolute Gasteiger partial charge is 0.497 e. The third kappa shape index (κ3) is 4.90. The molecular weight excluding hydrogens is 332 g/mol. The molecule has 6 heteroatoms. The smallest absolute Gasteiger partial charge is 0.252 e. The van der Waals surface area contributed by atoms with E-state index in [-0.39, 0.29) is 17.7 Å². The molecule has 1 aromatic carbocycles. The summed E-state index contributed by atoms with van der Waals surface area (Å²) in [5, 5.41) is 2.91. The van der Waals surface area contributed by atoms with Crippen LogP contribution in [0.25, 0.3) is 0 Å². The van der Waals surface area contributed by atoms with Crippen molar-refractivity contribution in [2.45, 2.75) is 39.7 Å². The van der Waals surface area contributed by atoms with Gasteiger partial charge in [0, 0.05) is 24.7 Å². The number of nitrogens with one attached hydrogen (secondary N) is 1. The molecule has 1 heterocycles. The van der Waals surface area contributed by atoms with Crippen molar-refractivity contribution < 1.29 is 19.1 Å². The number of hydrogen-bond acceptors (Lipinski definition) is 4. The van der Waals surface area contributed by atoms with Gasteiger partial charge in [0.1, 0.15) is 17.5 Å². The van der Waals surface area contributed by atoms with Crippen molar-refractivity contribution in [1.29, 1.82) is 0 Å². The molecule has 1 N–H and O–H groups in total. The highest BCUT2D eigenvalue weighted by atomic mass is 16.5. The second-order valence-electron chi connectivity index (χ2n) is 7.33. The molecule has 1 aliphatic rings. The lowest BCUT2D eigenvalue weighted by Crippen LogP contribution is -2.53. The molecule has 0 unspecified atom stereocenters. The molecule has 0 aromatic heterocycles. The lowest BCUT2D eigenvalue weighted by molar-refractivity contribution is -0.136. The van der Waals surface area contributed by atoms with Gasteiger partial charge in [-0.15, -0.1) is 0 Å². The molecule has 1 fully saturated rings. The minimum atomic E-state index is -0.551. The lowest BCUT2D eigenvalue weighted by atomic mass is 9.97. The quantitative estimate of drug-likeness (QED) is 0.845. The fourth-order valence-corrected chi connectivity index (χ4v) is 3.26. The average molecular weight is 362 g/mol. The number of benzene rings is 1. The SMILES string of the molecule is COc1cc(OC)cc(C(=O)N[C@H](C(=O)N2CCC[C@@H](C)C2)C(C)C)c1. The molecule has 2 atom stereocenters. The summed E-state index contributed by atoms with van der Waals surface area (Å²) in [7, 11) is 3.07. The Morgan fingerprint density at radius 2 is 1.77 bits per heavy atom. The maximum Gasteiger partial charge on any atom is 0.252 e. The number of amides is 2. The zero-order valence-electron chi connectivity index (χ0n) is 16.4. The fourth-order valence-electron chi connectivity index (χ4n) is 3.26. The van der Waals surface area contributed by atoms with E-state index in [1.165, 1.54) is 14.2 Å². The van der Waals surface area contributed by atoms with Crippen LogP contribution in [-0.4, -0.2) is 50.1 Å². The van der Waals surface area contributed by atoms with E-state index >= 15 is 0 Å². The van der Waals surface area contributed by atoms with Gasteiger partial charge >= 0.3 is 0 Å². The van der Waals surface area contributed by atoms with Gasteiger partial charge in [-0.25, -0.2) is 0 Å². The number of hydrogen-bond donors (Lipinski definition) is 1. The van der Waals surface area contributed by atoms with Gasteiger partial charge in [-0.2, -0.15) is 0 Å². The molecule has 0 aliphatic carbocycles. The zero-order valence-corrected chi connectivity index (χ0v) is 16.4. The van der Waals surface area contributed by atoms with Crippen LogP contribution in [0.5, 0.6) is 11.5 Å². The first-order valence-electron chi connectivity index (χ1n) is 9.18. The Morgan fingerprint density at radius 1 is 1.15 bits per heavy atom. The lowest BCUT2D eigenvalue weighted by Gasteiger charge is -2.35. The van der Waals surface area contributed by atoms with Crippen LogP contribution in [-0.2, 0) is 4.79 Å². The van der Waals surface area contributed by atoms with Gasteiger partial charge in [0.25, 0.3) is 5.91 Å². The second kappa shape index (κ2) is 8.92. The van der Waals surface area contributed by atoms with E-state index in [4.69, 9.17) is 9.47 Å². The number of methoxy groups -OCH3 is 2. The molecular formula is C20H30N2O4. The molecule has 1 aliphatic heterocycles. The molecule has 2 rings (SSSR count). The Hall–Kier alpha value is -2.24. The third-order valence-electron chi connectivity index (χ3n) is 4.80. The van der Waals surface area contributed by atoms with Crippen molar-refractivity contribution in [2.24, 2.45) is 11.8 Å². The van der Waals surface area contributed by atoms with Crippen LogP contribution in [0.3, 0.4) is 0 Å². The number of piperidine rings is 1. The van der Waals surface area contributed by atoms with Crippen LogP contribution < -0.4 is 14.8 Å². The van der Waals surface area contributed by atoms with E-state index < -0.39 is 6.04 Å². The van der Waals surface area contributed by atoms with E-state index in [2.05, 4.69) is 12.2 Å². The molecule has 2 amide bonds. The van der Waals surface area contributed by atoms with E-state index in [1.807, 2.05) is 18.7 Å². The second-order valence-corrected chi connectivity index (χ2v) is 7.33. The van der Waals surface area contributed by atoms with E-state index in [0.717, 1.165) is 25.9 Å². The van der Waals surface area contributed by atoms with Crippen molar-refractivity contribution in [2.75, 3.05) is 27.3 Å². The van der Waals surface area contributed by atoms with Gasteiger partial charge in [-0.3, -0.25) is 9.59 Å². The van der Waals surface area contributed by atoms with Crippen LogP contribution in [0.4, 0.5) is 0 Å². The van der Waals surface area contributed by atoms with E-state index in [0.29, 0.717) is 23.0 Å². The van der Waals surface area contributed by atoms with Gasteiger partial charge in [-0.1, -0.05) is 20.8 Å². The highest BCUT2D eigenvalue weighted by molar-refractivity contribution is 5.98.